The highest BCUT2D eigenvalue weighted by Crippen LogP contribution is 2.22. The van der Waals surface area contributed by atoms with Crippen LogP contribution in [0.4, 0.5) is 5.69 Å². The number of aliphatic imine (C=N–C) groups is 1. The van der Waals surface area contributed by atoms with Gasteiger partial charge in [0.15, 0.2) is 5.96 Å². The third-order valence-corrected chi connectivity index (χ3v) is 6.33. The quantitative estimate of drug-likeness (QED) is 0.493. The Balaban J connectivity index is 1.36. The van der Waals surface area contributed by atoms with E-state index in [0.29, 0.717) is 12.6 Å². The van der Waals surface area contributed by atoms with E-state index >= 15 is 0 Å². The number of nitrogens with one attached hydrogen (secondary N) is 2. The van der Waals surface area contributed by atoms with Crippen LogP contribution in [0.5, 0.6) is 0 Å². The number of morpholine rings is 1. The Labute approximate surface area is 192 Å². The third kappa shape index (κ3) is 6.24. The van der Waals surface area contributed by atoms with Gasteiger partial charge in [0.25, 0.3) is 0 Å². The Morgan fingerprint density at radius 3 is 2.59 bits per heavy atom. The molecular formula is C26H37N5O. The van der Waals surface area contributed by atoms with E-state index in [9.17, 15) is 0 Å². The van der Waals surface area contributed by atoms with Gasteiger partial charge in [-0.25, -0.2) is 4.99 Å². The van der Waals surface area contributed by atoms with Crippen molar-refractivity contribution >= 4 is 11.6 Å². The first kappa shape index (κ1) is 22.6. The van der Waals surface area contributed by atoms with Crippen LogP contribution in [0.3, 0.4) is 0 Å². The zero-order valence-electron chi connectivity index (χ0n) is 19.3. The van der Waals surface area contributed by atoms with Crippen molar-refractivity contribution in [1.29, 1.82) is 0 Å². The van der Waals surface area contributed by atoms with Gasteiger partial charge in [-0.3, -0.25) is 4.90 Å². The second kappa shape index (κ2) is 11.9. The second-order valence-electron chi connectivity index (χ2n) is 8.56. The minimum Gasteiger partial charge on any atom is -0.378 e. The van der Waals surface area contributed by atoms with Crippen molar-refractivity contribution in [2.45, 2.75) is 38.9 Å². The molecule has 1 atom stereocenters. The molecule has 6 nitrogen and oxygen atoms in total. The van der Waals surface area contributed by atoms with Crippen molar-refractivity contribution in [3.05, 3.63) is 65.7 Å². The Morgan fingerprint density at radius 1 is 1.00 bits per heavy atom. The average molecular weight is 436 g/mol. The monoisotopic (exact) mass is 435 g/mol. The number of likely N-dealkylation sites (tertiary alicyclic amines) is 1. The molecule has 2 saturated heterocycles. The van der Waals surface area contributed by atoms with Crippen molar-refractivity contribution < 1.29 is 4.74 Å². The lowest BCUT2D eigenvalue weighted by Crippen LogP contribution is -2.44. The molecule has 2 N–H and O–H groups in total. The van der Waals surface area contributed by atoms with Crippen LogP contribution < -0.4 is 15.5 Å². The SMILES string of the molecule is CCNC(=NCc1ccccc1N1CCOCC1)NCC1CCCN1Cc1ccccc1. The minimum atomic E-state index is 0.541. The molecule has 0 bridgehead atoms. The summed E-state index contributed by atoms with van der Waals surface area (Å²) < 4.78 is 5.52. The molecule has 172 valence electrons. The molecule has 2 aromatic rings. The fraction of sp³-hybridized carbons (Fsp3) is 0.500. The van der Waals surface area contributed by atoms with E-state index < -0.39 is 0 Å². The summed E-state index contributed by atoms with van der Waals surface area (Å²) in [6.45, 7) is 10.2. The molecule has 6 heteroatoms. The Bertz CT molecular complexity index is 850. The number of hydrogen-bond acceptors (Lipinski definition) is 4. The molecule has 2 aliphatic rings. The van der Waals surface area contributed by atoms with Gasteiger partial charge in [0, 0.05) is 44.5 Å². The van der Waals surface area contributed by atoms with Gasteiger partial charge in [-0.05, 0) is 43.5 Å². The number of benzene rings is 2. The summed E-state index contributed by atoms with van der Waals surface area (Å²) in [5, 5.41) is 7.04. The molecule has 32 heavy (non-hydrogen) atoms. The maximum absolute atomic E-state index is 5.52. The number of nitrogens with zero attached hydrogens (tertiary/aromatic N) is 3. The fourth-order valence-corrected chi connectivity index (χ4v) is 4.63. The van der Waals surface area contributed by atoms with E-state index in [4.69, 9.17) is 9.73 Å². The Kier molecular flexibility index (Phi) is 8.40. The van der Waals surface area contributed by atoms with Crippen molar-refractivity contribution in [3.63, 3.8) is 0 Å². The standard InChI is InChI=1S/C26H37N5O/c1-2-27-26(28-19-23-11-6-7-13-25(23)30-15-17-32-18-16-30)29-20-24-12-8-14-31(24)21-22-9-4-3-5-10-22/h3-7,9-11,13,24H,2,8,12,14-21H2,1H3,(H2,27,28,29). The summed E-state index contributed by atoms with van der Waals surface area (Å²) in [6.07, 6.45) is 2.50. The number of para-hydroxylation sites is 1. The summed E-state index contributed by atoms with van der Waals surface area (Å²) in [4.78, 5) is 9.94. The molecule has 2 aromatic carbocycles. The summed E-state index contributed by atoms with van der Waals surface area (Å²) in [7, 11) is 0. The maximum Gasteiger partial charge on any atom is 0.191 e. The van der Waals surface area contributed by atoms with Gasteiger partial charge >= 0.3 is 0 Å². The first-order valence-corrected chi connectivity index (χ1v) is 12.0. The molecule has 0 aromatic heterocycles. The molecule has 0 radical (unpaired) electrons. The van der Waals surface area contributed by atoms with Crippen LogP contribution in [-0.2, 0) is 17.8 Å². The van der Waals surface area contributed by atoms with E-state index in [-0.39, 0.29) is 0 Å². The highest BCUT2D eigenvalue weighted by molar-refractivity contribution is 5.79. The lowest BCUT2D eigenvalue weighted by molar-refractivity contribution is 0.122. The van der Waals surface area contributed by atoms with Crippen LogP contribution in [0.2, 0.25) is 0 Å². The van der Waals surface area contributed by atoms with Crippen molar-refractivity contribution in [2.24, 2.45) is 4.99 Å². The van der Waals surface area contributed by atoms with Crippen LogP contribution >= 0.6 is 0 Å². The lowest BCUT2D eigenvalue weighted by Gasteiger charge is -2.30. The molecule has 2 heterocycles. The number of anilines is 1. The molecule has 0 spiro atoms. The summed E-state index contributed by atoms with van der Waals surface area (Å²) in [6, 6.07) is 19.9. The number of hydrogen-bond donors (Lipinski definition) is 2. The third-order valence-electron chi connectivity index (χ3n) is 6.33. The lowest BCUT2D eigenvalue weighted by atomic mass is 10.1. The van der Waals surface area contributed by atoms with E-state index in [0.717, 1.165) is 51.9 Å². The van der Waals surface area contributed by atoms with Crippen LogP contribution in [0.25, 0.3) is 0 Å². The van der Waals surface area contributed by atoms with Gasteiger partial charge in [0.2, 0.25) is 0 Å². The normalized spacial score (nSPS) is 19.8. The second-order valence-corrected chi connectivity index (χ2v) is 8.56. The van der Waals surface area contributed by atoms with Gasteiger partial charge < -0.3 is 20.3 Å². The minimum absolute atomic E-state index is 0.541. The molecule has 1 unspecified atom stereocenters. The van der Waals surface area contributed by atoms with E-state index in [1.54, 1.807) is 0 Å². The molecule has 0 aliphatic carbocycles. The molecule has 2 aliphatic heterocycles. The average Bonchev–Trinajstić information content (AvgIpc) is 3.29. The first-order chi connectivity index (χ1) is 15.8. The van der Waals surface area contributed by atoms with Gasteiger partial charge in [0.1, 0.15) is 0 Å². The fourth-order valence-electron chi connectivity index (χ4n) is 4.63. The van der Waals surface area contributed by atoms with Crippen molar-refractivity contribution in [3.8, 4) is 0 Å². The number of guanidine groups is 1. The molecule has 0 saturated carbocycles. The summed E-state index contributed by atoms with van der Waals surface area (Å²) in [5.74, 6) is 0.899. The maximum atomic E-state index is 5.52. The van der Waals surface area contributed by atoms with Gasteiger partial charge in [-0.15, -0.1) is 0 Å². The summed E-state index contributed by atoms with van der Waals surface area (Å²) >= 11 is 0. The smallest absolute Gasteiger partial charge is 0.191 e. The van der Waals surface area contributed by atoms with Crippen LogP contribution in [-0.4, -0.2) is 62.8 Å². The van der Waals surface area contributed by atoms with Crippen LogP contribution in [0.15, 0.2) is 59.6 Å². The number of rotatable bonds is 8. The van der Waals surface area contributed by atoms with Crippen molar-refractivity contribution in [2.75, 3.05) is 50.8 Å². The Hall–Kier alpha value is -2.57. The highest BCUT2D eigenvalue weighted by atomic mass is 16.5. The first-order valence-electron chi connectivity index (χ1n) is 12.0. The van der Waals surface area contributed by atoms with Crippen LogP contribution in [0.1, 0.15) is 30.9 Å². The number of ether oxygens (including phenoxy) is 1. The molecule has 0 amide bonds. The van der Waals surface area contributed by atoms with E-state index in [1.165, 1.54) is 36.2 Å². The van der Waals surface area contributed by atoms with Crippen LogP contribution in [0, 0.1) is 0 Å². The van der Waals surface area contributed by atoms with Gasteiger partial charge in [-0.2, -0.15) is 0 Å². The zero-order chi connectivity index (χ0) is 22.0. The zero-order valence-corrected chi connectivity index (χ0v) is 19.3. The molecular weight excluding hydrogens is 398 g/mol. The molecule has 2 fully saturated rings. The van der Waals surface area contributed by atoms with E-state index in [2.05, 4.69) is 82.0 Å². The highest BCUT2D eigenvalue weighted by Gasteiger charge is 2.24. The Morgan fingerprint density at radius 2 is 1.78 bits per heavy atom. The van der Waals surface area contributed by atoms with Gasteiger partial charge in [-0.1, -0.05) is 48.5 Å². The predicted octanol–water partition coefficient (Wildman–Crippen LogP) is 3.24. The predicted molar refractivity (Wildman–Crippen MR) is 132 cm³/mol. The molecule has 4 rings (SSSR count). The summed E-state index contributed by atoms with van der Waals surface area (Å²) in [5.41, 5.74) is 3.93. The topological polar surface area (TPSA) is 52.1 Å². The van der Waals surface area contributed by atoms with Gasteiger partial charge in [0.05, 0.1) is 19.8 Å². The largest absolute Gasteiger partial charge is 0.378 e. The van der Waals surface area contributed by atoms with E-state index in [1.807, 2.05) is 0 Å². The van der Waals surface area contributed by atoms with Crippen molar-refractivity contribution in [1.82, 2.24) is 15.5 Å².